The second kappa shape index (κ2) is 8.78. The molecule has 2 saturated heterocycles. The Morgan fingerprint density at radius 2 is 1.50 bits per heavy atom. The molecule has 30 heavy (non-hydrogen) atoms. The van der Waals surface area contributed by atoms with Gasteiger partial charge in [0.15, 0.2) is 0 Å². The number of benzene rings is 2. The molecule has 0 spiro atoms. The maximum atomic E-state index is 12.6. The number of hydrogen-bond acceptors (Lipinski definition) is 4. The van der Waals surface area contributed by atoms with Crippen molar-refractivity contribution in [3.8, 4) is 0 Å². The Morgan fingerprint density at radius 3 is 2.13 bits per heavy atom. The van der Waals surface area contributed by atoms with E-state index in [-0.39, 0.29) is 5.91 Å². The van der Waals surface area contributed by atoms with Crippen LogP contribution in [0.3, 0.4) is 0 Å². The van der Waals surface area contributed by atoms with Crippen molar-refractivity contribution in [3.63, 3.8) is 0 Å². The molecule has 0 bridgehead atoms. The zero-order valence-electron chi connectivity index (χ0n) is 17.6. The van der Waals surface area contributed by atoms with Gasteiger partial charge in [-0.3, -0.25) is 9.69 Å². The summed E-state index contributed by atoms with van der Waals surface area (Å²) in [6.07, 6.45) is 2.12. The lowest BCUT2D eigenvalue weighted by Crippen LogP contribution is -2.46. The van der Waals surface area contributed by atoms with Crippen LogP contribution in [-0.4, -0.2) is 61.6 Å². The maximum Gasteiger partial charge on any atom is 0.236 e. The van der Waals surface area contributed by atoms with Crippen LogP contribution in [-0.2, 0) is 22.6 Å². The summed E-state index contributed by atoms with van der Waals surface area (Å²) >= 11 is 0. The SMILES string of the molecule is O=C(CN1CCOCC1)N1CCC(c2ccc(N3Cc4ccccc4C3)cc2)CC1. The fourth-order valence-corrected chi connectivity index (χ4v) is 4.99. The highest BCUT2D eigenvalue weighted by Gasteiger charge is 2.26. The molecule has 2 fully saturated rings. The van der Waals surface area contributed by atoms with E-state index in [4.69, 9.17) is 4.74 Å². The minimum absolute atomic E-state index is 0.277. The lowest BCUT2D eigenvalue weighted by atomic mass is 9.89. The molecule has 3 aliphatic heterocycles. The summed E-state index contributed by atoms with van der Waals surface area (Å²) in [5, 5.41) is 0. The molecule has 2 aromatic carbocycles. The highest BCUT2D eigenvalue weighted by molar-refractivity contribution is 5.78. The fraction of sp³-hybridized carbons (Fsp3) is 0.480. The van der Waals surface area contributed by atoms with Crippen molar-refractivity contribution in [1.82, 2.24) is 9.80 Å². The van der Waals surface area contributed by atoms with E-state index >= 15 is 0 Å². The van der Waals surface area contributed by atoms with Crippen LogP contribution in [0, 0.1) is 0 Å². The van der Waals surface area contributed by atoms with Crippen LogP contribution in [0.5, 0.6) is 0 Å². The Kier molecular flexibility index (Phi) is 5.73. The van der Waals surface area contributed by atoms with Gasteiger partial charge in [-0.15, -0.1) is 0 Å². The van der Waals surface area contributed by atoms with Gasteiger partial charge in [0.1, 0.15) is 0 Å². The molecular formula is C25H31N3O2. The van der Waals surface area contributed by atoms with E-state index in [0.717, 1.165) is 65.3 Å². The number of amides is 1. The van der Waals surface area contributed by atoms with Crippen LogP contribution in [0.1, 0.15) is 35.4 Å². The average molecular weight is 406 g/mol. The molecular weight excluding hydrogens is 374 g/mol. The molecule has 0 N–H and O–H groups in total. The number of anilines is 1. The Bertz CT molecular complexity index is 843. The number of carbonyl (C=O) groups is 1. The first-order chi connectivity index (χ1) is 14.8. The third-order valence-corrected chi connectivity index (χ3v) is 6.88. The molecule has 0 aromatic heterocycles. The number of piperidine rings is 1. The number of morpholine rings is 1. The summed E-state index contributed by atoms with van der Waals surface area (Å²) in [5.41, 5.74) is 5.59. The van der Waals surface area contributed by atoms with E-state index in [0.29, 0.717) is 12.5 Å². The summed E-state index contributed by atoms with van der Waals surface area (Å²) in [6.45, 7) is 7.52. The minimum atomic E-state index is 0.277. The van der Waals surface area contributed by atoms with Gasteiger partial charge >= 0.3 is 0 Å². The van der Waals surface area contributed by atoms with Gasteiger partial charge in [0.05, 0.1) is 19.8 Å². The normalized spacial score (nSPS) is 20.4. The topological polar surface area (TPSA) is 36.0 Å². The van der Waals surface area contributed by atoms with Crippen molar-refractivity contribution < 1.29 is 9.53 Å². The smallest absolute Gasteiger partial charge is 0.236 e. The fourth-order valence-electron chi connectivity index (χ4n) is 4.99. The van der Waals surface area contributed by atoms with Crippen molar-refractivity contribution in [2.24, 2.45) is 0 Å². The van der Waals surface area contributed by atoms with E-state index in [1.165, 1.54) is 22.4 Å². The third kappa shape index (κ3) is 4.23. The molecule has 2 aromatic rings. The van der Waals surface area contributed by atoms with Crippen LogP contribution >= 0.6 is 0 Å². The van der Waals surface area contributed by atoms with E-state index in [9.17, 15) is 4.79 Å². The molecule has 0 saturated carbocycles. The van der Waals surface area contributed by atoms with E-state index in [1.54, 1.807) is 0 Å². The largest absolute Gasteiger partial charge is 0.379 e. The summed E-state index contributed by atoms with van der Waals surface area (Å²) in [6, 6.07) is 17.9. The first kappa shape index (κ1) is 19.6. The van der Waals surface area contributed by atoms with Gasteiger partial charge in [0.25, 0.3) is 0 Å². The standard InChI is InChI=1S/C25H31N3O2/c29-25(19-26-13-15-30-16-14-26)27-11-9-21(10-12-27)20-5-7-24(8-6-20)28-17-22-3-1-2-4-23(22)18-28/h1-8,21H,9-19H2. The van der Waals surface area contributed by atoms with Crippen molar-refractivity contribution in [2.45, 2.75) is 31.8 Å². The molecule has 0 aliphatic carbocycles. The summed E-state index contributed by atoms with van der Waals surface area (Å²) in [5.74, 6) is 0.835. The molecule has 3 heterocycles. The third-order valence-electron chi connectivity index (χ3n) is 6.88. The number of carbonyl (C=O) groups excluding carboxylic acids is 1. The summed E-state index contributed by atoms with van der Waals surface area (Å²) in [4.78, 5) is 19.4. The molecule has 0 radical (unpaired) electrons. The van der Waals surface area contributed by atoms with Gasteiger partial charge in [0.2, 0.25) is 5.91 Å². The van der Waals surface area contributed by atoms with Crippen molar-refractivity contribution in [2.75, 3.05) is 50.8 Å². The number of hydrogen-bond donors (Lipinski definition) is 0. The Morgan fingerprint density at radius 1 is 0.867 bits per heavy atom. The highest BCUT2D eigenvalue weighted by atomic mass is 16.5. The average Bonchev–Trinajstić information content (AvgIpc) is 3.24. The van der Waals surface area contributed by atoms with Gasteiger partial charge in [-0.25, -0.2) is 0 Å². The molecule has 5 heteroatoms. The van der Waals surface area contributed by atoms with Gasteiger partial charge in [-0.2, -0.15) is 0 Å². The van der Waals surface area contributed by atoms with Crippen LogP contribution in [0.4, 0.5) is 5.69 Å². The molecule has 0 unspecified atom stereocenters. The van der Waals surface area contributed by atoms with Crippen LogP contribution in [0.15, 0.2) is 48.5 Å². The molecule has 158 valence electrons. The van der Waals surface area contributed by atoms with Crippen molar-refractivity contribution in [1.29, 1.82) is 0 Å². The van der Waals surface area contributed by atoms with Crippen molar-refractivity contribution in [3.05, 3.63) is 65.2 Å². The molecule has 5 nitrogen and oxygen atoms in total. The molecule has 1 amide bonds. The van der Waals surface area contributed by atoms with Gasteiger partial charge in [-0.1, -0.05) is 36.4 Å². The second-order valence-corrected chi connectivity index (χ2v) is 8.76. The lowest BCUT2D eigenvalue weighted by Gasteiger charge is -2.34. The first-order valence-corrected chi connectivity index (χ1v) is 11.3. The van der Waals surface area contributed by atoms with Crippen LogP contribution in [0.2, 0.25) is 0 Å². The number of fused-ring (bicyclic) bond motifs is 1. The Balaban J connectivity index is 1.14. The highest BCUT2D eigenvalue weighted by Crippen LogP contribution is 2.32. The number of likely N-dealkylation sites (tertiary alicyclic amines) is 1. The number of nitrogens with zero attached hydrogens (tertiary/aromatic N) is 3. The number of rotatable bonds is 4. The zero-order valence-corrected chi connectivity index (χ0v) is 17.6. The molecule has 0 atom stereocenters. The van der Waals surface area contributed by atoms with Crippen LogP contribution in [0.25, 0.3) is 0 Å². The predicted molar refractivity (Wildman–Crippen MR) is 119 cm³/mol. The summed E-state index contributed by atoms with van der Waals surface area (Å²) in [7, 11) is 0. The van der Waals surface area contributed by atoms with Crippen LogP contribution < -0.4 is 4.90 Å². The first-order valence-electron chi connectivity index (χ1n) is 11.3. The van der Waals surface area contributed by atoms with E-state index in [1.807, 2.05) is 0 Å². The predicted octanol–water partition coefficient (Wildman–Crippen LogP) is 3.25. The Labute approximate surface area is 179 Å². The second-order valence-electron chi connectivity index (χ2n) is 8.76. The summed E-state index contributed by atoms with van der Waals surface area (Å²) < 4.78 is 5.38. The lowest BCUT2D eigenvalue weighted by molar-refractivity contribution is -0.134. The number of ether oxygens (including phenoxy) is 1. The van der Waals surface area contributed by atoms with Gasteiger partial charge in [-0.05, 0) is 47.6 Å². The van der Waals surface area contributed by atoms with Crippen molar-refractivity contribution >= 4 is 11.6 Å². The molecule has 5 rings (SSSR count). The van der Waals surface area contributed by atoms with Gasteiger partial charge < -0.3 is 14.5 Å². The molecule has 3 aliphatic rings. The van der Waals surface area contributed by atoms with Gasteiger partial charge in [0, 0.05) is 45.0 Å². The zero-order chi connectivity index (χ0) is 20.3. The minimum Gasteiger partial charge on any atom is -0.379 e. The maximum absolute atomic E-state index is 12.6. The van der Waals surface area contributed by atoms with E-state index in [2.05, 4.69) is 63.2 Å². The quantitative estimate of drug-likeness (QED) is 0.782. The van der Waals surface area contributed by atoms with E-state index < -0.39 is 0 Å². The Hall–Kier alpha value is -2.37. The monoisotopic (exact) mass is 405 g/mol.